The number of methoxy groups -OCH3 is 1. The monoisotopic (exact) mass is 301 g/mol. The highest BCUT2D eigenvalue weighted by Gasteiger charge is 2.44. The molecule has 116 valence electrons. The number of fused-ring (bicyclic) bond motifs is 1. The number of halogens is 1. The molecule has 0 spiro atoms. The van der Waals surface area contributed by atoms with Crippen LogP contribution in [0.5, 0.6) is 0 Å². The van der Waals surface area contributed by atoms with Crippen molar-refractivity contribution in [1.29, 1.82) is 0 Å². The maximum atomic E-state index is 13.2. The highest BCUT2D eigenvalue weighted by atomic mass is 19.1. The van der Waals surface area contributed by atoms with Gasteiger partial charge in [0.25, 0.3) is 0 Å². The summed E-state index contributed by atoms with van der Waals surface area (Å²) in [5.74, 6) is -0.233. The summed E-state index contributed by atoms with van der Waals surface area (Å²) >= 11 is 0. The van der Waals surface area contributed by atoms with E-state index in [1.807, 2.05) is 5.06 Å². The van der Waals surface area contributed by atoms with Gasteiger partial charge in [-0.15, -0.1) is 5.06 Å². The molecule has 3 nitrogen and oxygen atoms in total. The minimum atomic E-state index is -0.693. The molecule has 1 aliphatic carbocycles. The van der Waals surface area contributed by atoms with Crippen molar-refractivity contribution in [1.82, 2.24) is 5.06 Å². The van der Waals surface area contributed by atoms with Crippen LogP contribution >= 0.6 is 0 Å². The van der Waals surface area contributed by atoms with Crippen LogP contribution < -0.4 is 0 Å². The Bertz CT molecular complexity index is 633. The molecule has 0 amide bonds. The molecule has 1 heterocycles. The average Bonchev–Trinajstić information content (AvgIpc) is 2.57. The normalized spacial score (nSPS) is 24.7. The first-order chi connectivity index (χ1) is 10.7. The summed E-state index contributed by atoms with van der Waals surface area (Å²) in [6.07, 6.45) is 10.0. The summed E-state index contributed by atoms with van der Waals surface area (Å²) in [4.78, 5) is 5.57. The highest BCUT2D eigenvalue weighted by Crippen LogP contribution is 2.40. The molecule has 1 aromatic carbocycles. The minimum absolute atomic E-state index is 0.233. The second kappa shape index (κ2) is 6.16. The molecule has 1 aromatic rings. The van der Waals surface area contributed by atoms with E-state index in [1.165, 1.54) is 17.7 Å². The van der Waals surface area contributed by atoms with Crippen LogP contribution in [0.1, 0.15) is 12.0 Å². The van der Waals surface area contributed by atoms with Gasteiger partial charge >= 0.3 is 0 Å². The summed E-state index contributed by atoms with van der Waals surface area (Å²) in [5.41, 5.74) is 2.59. The fourth-order valence-electron chi connectivity index (χ4n) is 3.18. The quantitative estimate of drug-likeness (QED) is 0.851. The molecule has 1 atom stereocenters. The lowest BCUT2D eigenvalue weighted by Gasteiger charge is -2.46. The zero-order valence-electron chi connectivity index (χ0n) is 12.9. The molecule has 1 aliphatic heterocycles. The van der Waals surface area contributed by atoms with Gasteiger partial charge in [0.15, 0.2) is 5.72 Å². The van der Waals surface area contributed by atoms with E-state index in [0.717, 1.165) is 17.6 Å². The van der Waals surface area contributed by atoms with E-state index in [-0.39, 0.29) is 5.82 Å². The topological polar surface area (TPSA) is 21.7 Å². The molecular formula is C18H20FNO2. The standard InChI is InChI=1S/C18H20FNO2/c1-21-18(13-14-7-9-16(19)10-8-14)17-6-4-3-5-15(17)11-12-20(18)22-2/h3,5-11H,4,12-13H2,1-2H3. The lowest BCUT2D eigenvalue weighted by Crippen LogP contribution is -2.55. The number of hydrogen-bond acceptors (Lipinski definition) is 3. The summed E-state index contributed by atoms with van der Waals surface area (Å²) in [7, 11) is 3.34. The van der Waals surface area contributed by atoms with Crippen LogP contribution in [-0.4, -0.2) is 31.6 Å². The van der Waals surface area contributed by atoms with E-state index in [1.54, 1.807) is 26.4 Å². The number of rotatable bonds is 4. The van der Waals surface area contributed by atoms with E-state index in [4.69, 9.17) is 9.57 Å². The molecule has 2 aliphatic rings. The highest BCUT2D eigenvalue weighted by molar-refractivity contribution is 5.50. The molecule has 0 N–H and O–H groups in total. The van der Waals surface area contributed by atoms with Gasteiger partial charge in [-0.1, -0.05) is 36.4 Å². The molecule has 0 radical (unpaired) electrons. The zero-order valence-corrected chi connectivity index (χ0v) is 12.9. The van der Waals surface area contributed by atoms with Crippen LogP contribution in [0.25, 0.3) is 0 Å². The lowest BCUT2D eigenvalue weighted by atomic mass is 9.83. The van der Waals surface area contributed by atoms with Crippen molar-refractivity contribution in [2.75, 3.05) is 20.8 Å². The van der Waals surface area contributed by atoms with E-state index >= 15 is 0 Å². The molecule has 0 bridgehead atoms. The van der Waals surface area contributed by atoms with Crippen LogP contribution in [0, 0.1) is 5.82 Å². The number of nitrogens with zero attached hydrogens (tertiary/aromatic N) is 1. The molecule has 0 saturated heterocycles. The first kappa shape index (κ1) is 15.2. The number of hydroxylamine groups is 2. The van der Waals surface area contributed by atoms with Crippen LogP contribution in [0.3, 0.4) is 0 Å². The van der Waals surface area contributed by atoms with Crippen LogP contribution in [-0.2, 0) is 16.0 Å². The molecule has 0 aromatic heterocycles. The number of hydrogen-bond donors (Lipinski definition) is 0. The Morgan fingerprint density at radius 3 is 2.64 bits per heavy atom. The number of ether oxygens (including phenoxy) is 1. The van der Waals surface area contributed by atoms with Crippen molar-refractivity contribution in [3.8, 4) is 0 Å². The fraction of sp³-hybridized carbons (Fsp3) is 0.333. The molecule has 4 heteroatoms. The molecule has 0 saturated carbocycles. The summed E-state index contributed by atoms with van der Waals surface area (Å²) in [6.45, 7) is 0.641. The van der Waals surface area contributed by atoms with Gasteiger partial charge in [0.1, 0.15) is 5.82 Å². The van der Waals surface area contributed by atoms with E-state index in [9.17, 15) is 4.39 Å². The third-order valence-corrected chi connectivity index (χ3v) is 4.28. The largest absolute Gasteiger partial charge is 0.357 e. The summed E-state index contributed by atoms with van der Waals surface area (Å²) < 4.78 is 19.1. The second-order valence-electron chi connectivity index (χ2n) is 5.45. The minimum Gasteiger partial charge on any atom is -0.357 e. The average molecular weight is 301 g/mol. The Hall–Kier alpha value is -1.75. The maximum Gasteiger partial charge on any atom is 0.173 e. The Morgan fingerprint density at radius 1 is 1.18 bits per heavy atom. The fourth-order valence-corrected chi connectivity index (χ4v) is 3.18. The second-order valence-corrected chi connectivity index (χ2v) is 5.45. The van der Waals surface area contributed by atoms with Crippen molar-refractivity contribution < 1.29 is 14.0 Å². The van der Waals surface area contributed by atoms with Gasteiger partial charge in [-0.3, -0.25) is 4.84 Å². The summed E-state index contributed by atoms with van der Waals surface area (Å²) in [5, 5.41) is 1.84. The van der Waals surface area contributed by atoms with Crippen LogP contribution in [0.4, 0.5) is 4.39 Å². The van der Waals surface area contributed by atoms with Crippen molar-refractivity contribution in [2.45, 2.75) is 18.6 Å². The molecule has 0 fully saturated rings. The predicted molar refractivity (Wildman–Crippen MR) is 83.5 cm³/mol. The molecular weight excluding hydrogens is 281 g/mol. The Balaban J connectivity index is 2.02. The van der Waals surface area contributed by atoms with Gasteiger partial charge < -0.3 is 4.74 Å². The first-order valence-electron chi connectivity index (χ1n) is 7.38. The third-order valence-electron chi connectivity index (χ3n) is 4.28. The maximum absolute atomic E-state index is 13.2. The lowest BCUT2D eigenvalue weighted by molar-refractivity contribution is -0.269. The third kappa shape index (κ3) is 2.54. The van der Waals surface area contributed by atoms with Crippen molar-refractivity contribution in [3.05, 3.63) is 71.1 Å². The number of allylic oxidation sites excluding steroid dienone is 3. The Morgan fingerprint density at radius 2 is 1.95 bits per heavy atom. The van der Waals surface area contributed by atoms with Gasteiger partial charge in [-0.05, 0) is 29.7 Å². The number of benzene rings is 1. The Labute approximate surface area is 130 Å². The molecule has 22 heavy (non-hydrogen) atoms. The van der Waals surface area contributed by atoms with E-state index < -0.39 is 5.72 Å². The van der Waals surface area contributed by atoms with Crippen LogP contribution in [0.2, 0.25) is 0 Å². The Kier molecular flexibility index (Phi) is 4.25. The predicted octanol–water partition coefficient (Wildman–Crippen LogP) is 3.40. The SMILES string of the molecule is CON1CC=C2C=CCC=C2C1(Cc1ccc(F)cc1)OC. The summed E-state index contributed by atoms with van der Waals surface area (Å²) in [6, 6.07) is 6.54. The van der Waals surface area contributed by atoms with Crippen LogP contribution in [0.15, 0.2) is 59.7 Å². The van der Waals surface area contributed by atoms with Crippen molar-refractivity contribution >= 4 is 0 Å². The van der Waals surface area contributed by atoms with Gasteiger partial charge in [0, 0.05) is 25.6 Å². The molecule has 1 unspecified atom stereocenters. The van der Waals surface area contributed by atoms with Crippen molar-refractivity contribution in [2.24, 2.45) is 0 Å². The van der Waals surface area contributed by atoms with Gasteiger partial charge in [0.2, 0.25) is 0 Å². The van der Waals surface area contributed by atoms with E-state index in [2.05, 4.69) is 24.3 Å². The molecule has 3 rings (SSSR count). The van der Waals surface area contributed by atoms with E-state index in [0.29, 0.717) is 13.0 Å². The first-order valence-corrected chi connectivity index (χ1v) is 7.38. The van der Waals surface area contributed by atoms with Crippen molar-refractivity contribution in [3.63, 3.8) is 0 Å². The van der Waals surface area contributed by atoms with Gasteiger partial charge in [-0.25, -0.2) is 4.39 Å². The zero-order chi connectivity index (χ0) is 15.6. The van der Waals surface area contributed by atoms with Gasteiger partial charge in [0.05, 0.1) is 7.11 Å². The van der Waals surface area contributed by atoms with Gasteiger partial charge in [-0.2, -0.15) is 0 Å². The smallest absolute Gasteiger partial charge is 0.173 e.